The van der Waals surface area contributed by atoms with E-state index in [2.05, 4.69) is 45.8 Å². The molecule has 0 aliphatic carbocycles. The number of benzene rings is 1. The number of hydrogen-bond donors (Lipinski definition) is 2. The Hall–Kier alpha value is -2.73. The number of nitrogens with one attached hydrogen (secondary N) is 2. The van der Waals surface area contributed by atoms with Gasteiger partial charge in [0.2, 0.25) is 0 Å². The fourth-order valence-corrected chi connectivity index (χ4v) is 3.54. The van der Waals surface area contributed by atoms with Crippen LogP contribution in [0.15, 0.2) is 42.7 Å². The van der Waals surface area contributed by atoms with Gasteiger partial charge in [0.25, 0.3) is 0 Å². The first-order chi connectivity index (χ1) is 12.7. The molecule has 0 saturated carbocycles. The summed E-state index contributed by atoms with van der Waals surface area (Å²) in [6.07, 6.45) is 5.67. The normalized spacial score (nSPS) is 15.2. The van der Waals surface area contributed by atoms with E-state index in [4.69, 9.17) is 4.98 Å². The summed E-state index contributed by atoms with van der Waals surface area (Å²) in [5.74, 6) is 1.78. The number of aryl methyl sites for hydroxylation is 1. The number of fused-ring (bicyclic) bond motifs is 1. The fraction of sp³-hybridized carbons (Fsp3) is 0.350. The molecular weight excluding hydrogens is 324 g/mol. The van der Waals surface area contributed by atoms with Crippen LogP contribution in [0.2, 0.25) is 0 Å². The van der Waals surface area contributed by atoms with Crippen molar-refractivity contribution < 1.29 is 0 Å². The average Bonchev–Trinajstić information content (AvgIpc) is 3.07. The van der Waals surface area contributed by atoms with E-state index in [1.807, 2.05) is 29.9 Å². The molecule has 1 atom stereocenters. The molecule has 0 fully saturated rings. The Morgan fingerprint density at radius 1 is 1.12 bits per heavy atom. The van der Waals surface area contributed by atoms with Crippen molar-refractivity contribution in [2.45, 2.75) is 32.7 Å². The topological polar surface area (TPSA) is 67.7 Å². The third kappa shape index (κ3) is 3.32. The van der Waals surface area contributed by atoms with Crippen LogP contribution < -0.4 is 10.6 Å². The van der Waals surface area contributed by atoms with Gasteiger partial charge in [-0.25, -0.2) is 14.6 Å². The van der Waals surface area contributed by atoms with E-state index < -0.39 is 0 Å². The van der Waals surface area contributed by atoms with Crippen LogP contribution in [0.1, 0.15) is 35.6 Å². The molecule has 6 heteroatoms. The molecule has 0 radical (unpaired) electrons. The predicted molar refractivity (Wildman–Crippen MR) is 103 cm³/mol. The maximum atomic E-state index is 4.71. The van der Waals surface area contributed by atoms with E-state index in [1.165, 1.54) is 11.1 Å². The van der Waals surface area contributed by atoms with Crippen LogP contribution in [0.25, 0.3) is 5.69 Å². The summed E-state index contributed by atoms with van der Waals surface area (Å²) in [5, 5.41) is 11.5. The van der Waals surface area contributed by atoms with E-state index >= 15 is 0 Å². The van der Waals surface area contributed by atoms with Crippen molar-refractivity contribution in [3.63, 3.8) is 0 Å². The third-order valence-corrected chi connectivity index (χ3v) is 4.80. The number of nitrogens with zero attached hydrogens (tertiary/aromatic N) is 4. The molecule has 1 aliphatic heterocycles. The summed E-state index contributed by atoms with van der Waals surface area (Å²) in [4.78, 5) is 9.38. The van der Waals surface area contributed by atoms with Crippen molar-refractivity contribution >= 4 is 5.82 Å². The fourth-order valence-electron chi connectivity index (χ4n) is 3.54. The molecule has 134 valence electrons. The highest BCUT2D eigenvalue weighted by molar-refractivity contribution is 5.52. The smallest absolute Gasteiger partial charge is 0.133 e. The third-order valence-electron chi connectivity index (χ3n) is 4.80. The average molecular weight is 348 g/mol. The predicted octanol–water partition coefficient (Wildman–Crippen LogP) is 2.83. The SMILES string of the molecule is Cc1nc2c(c(N[C@@H](C)c3ccccc3-n3cccn3)n1)CCNCC2. The number of para-hydroxylation sites is 1. The Bertz CT molecular complexity index is 887. The maximum absolute atomic E-state index is 4.71. The highest BCUT2D eigenvalue weighted by Gasteiger charge is 2.19. The number of aromatic nitrogens is 4. The number of rotatable bonds is 4. The van der Waals surface area contributed by atoms with Gasteiger partial charge in [-0.05, 0) is 44.5 Å². The Balaban J connectivity index is 1.68. The van der Waals surface area contributed by atoms with Crippen LogP contribution in [0.4, 0.5) is 5.82 Å². The number of anilines is 1. The lowest BCUT2D eigenvalue weighted by molar-refractivity contribution is 0.708. The molecule has 1 aromatic carbocycles. The van der Waals surface area contributed by atoms with Gasteiger partial charge in [0.05, 0.1) is 17.4 Å². The van der Waals surface area contributed by atoms with Crippen LogP contribution in [0, 0.1) is 6.92 Å². The minimum Gasteiger partial charge on any atom is -0.363 e. The van der Waals surface area contributed by atoms with Gasteiger partial charge in [0.15, 0.2) is 0 Å². The molecular formula is C20H24N6. The summed E-state index contributed by atoms with van der Waals surface area (Å²) >= 11 is 0. The second kappa shape index (κ2) is 7.25. The van der Waals surface area contributed by atoms with Crippen molar-refractivity contribution in [1.29, 1.82) is 0 Å². The summed E-state index contributed by atoms with van der Waals surface area (Å²) in [5.41, 5.74) is 4.67. The van der Waals surface area contributed by atoms with E-state index in [0.29, 0.717) is 0 Å². The minimum absolute atomic E-state index is 0.102. The maximum Gasteiger partial charge on any atom is 0.133 e. The molecule has 26 heavy (non-hydrogen) atoms. The summed E-state index contributed by atoms with van der Waals surface area (Å²) in [6, 6.07) is 10.4. The summed E-state index contributed by atoms with van der Waals surface area (Å²) in [6.45, 7) is 6.07. The number of hydrogen-bond acceptors (Lipinski definition) is 5. The molecule has 2 N–H and O–H groups in total. The lowest BCUT2D eigenvalue weighted by Gasteiger charge is -2.21. The van der Waals surface area contributed by atoms with Crippen molar-refractivity contribution in [2.24, 2.45) is 0 Å². The molecule has 6 nitrogen and oxygen atoms in total. The Kier molecular flexibility index (Phi) is 4.67. The second-order valence-electron chi connectivity index (χ2n) is 6.67. The Labute approximate surface area is 153 Å². The van der Waals surface area contributed by atoms with Crippen molar-refractivity contribution in [3.8, 4) is 5.69 Å². The van der Waals surface area contributed by atoms with Gasteiger partial charge in [-0.2, -0.15) is 5.10 Å². The van der Waals surface area contributed by atoms with Gasteiger partial charge in [-0.15, -0.1) is 0 Å². The van der Waals surface area contributed by atoms with Crippen LogP contribution >= 0.6 is 0 Å². The monoisotopic (exact) mass is 348 g/mol. The van der Waals surface area contributed by atoms with Gasteiger partial charge in [0.1, 0.15) is 11.6 Å². The molecule has 0 amide bonds. The van der Waals surface area contributed by atoms with Crippen LogP contribution in [-0.4, -0.2) is 32.8 Å². The van der Waals surface area contributed by atoms with E-state index in [-0.39, 0.29) is 6.04 Å². The first kappa shape index (κ1) is 16.7. The molecule has 0 spiro atoms. The van der Waals surface area contributed by atoms with Gasteiger partial charge in [-0.3, -0.25) is 0 Å². The lowest BCUT2D eigenvalue weighted by atomic mass is 10.0. The molecule has 2 aromatic heterocycles. The van der Waals surface area contributed by atoms with Gasteiger partial charge >= 0.3 is 0 Å². The molecule has 3 aromatic rings. The molecule has 4 rings (SSSR count). The Morgan fingerprint density at radius 2 is 1.96 bits per heavy atom. The zero-order valence-electron chi connectivity index (χ0n) is 15.2. The summed E-state index contributed by atoms with van der Waals surface area (Å²) in [7, 11) is 0. The van der Waals surface area contributed by atoms with Gasteiger partial charge < -0.3 is 10.6 Å². The zero-order chi connectivity index (χ0) is 17.9. The highest BCUT2D eigenvalue weighted by Crippen LogP contribution is 2.27. The van der Waals surface area contributed by atoms with Gasteiger partial charge in [-0.1, -0.05) is 18.2 Å². The minimum atomic E-state index is 0.102. The first-order valence-corrected chi connectivity index (χ1v) is 9.15. The molecule has 0 saturated heterocycles. The first-order valence-electron chi connectivity index (χ1n) is 9.15. The van der Waals surface area contributed by atoms with Crippen LogP contribution in [0.3, 0.4) is 0 Å². The van der Waals surface area contributed by atoms with E-state index in [0.717, 1.165) is 49.0 Å². The van der Waals surface area contributed by atoms with E-state index in [1.54, 1.807) is 6.20 Å². The largest absolute Gasteiger partial charge is 0.363 e. The van der Waals surface area contributed by atoms with E-state index in [9.17, 15) is 0 Å². The zero-order valence-corrected chi connectivity index (χ0v) is 15.2. The standard InChI is InChI=1S/C20H24N6/c1-14(16-6-3-4-7-19(16)26-13-5-10-22-26)23-20-17-8-11-21-12-9-18(17)24-15(2)25-20/h3-7,10,13-14,21H,8-9,11-12H2,1-2H3,(H,23,24,25)/t14-/m0/s1. The molecule has 0 bridgehead atoms. The molecule has 3 heterocycles. The lowest BCUT2D eigenvalue weighted by Crippen LogP contribution is -2.17. The van der Waals surface area contributed by atoms with Gasteiger partial charge in [0, 0.05) is 30.9 Å². The second-order valence-corrected chi connectivity index (χ2v) is 6.67. The van der Waals surface area contributed by atoms with Crippen LogP contribution in [-0.2, 0) is 12.8 Å². The van der Waals surface area contributed by atoms with Crippen molar-refractivity contribution in [2.75, 3.05) is 18.4 Å². The Morgan fingerprint density at radius 3 is 2.81 bits per heavy atom. The highest BCUT2D eigenvalue weighted by atomic mass is 15.3. The van der Waals surface area contributed by atoms with Crippen molar-refractivity contribution in [1.82, 2.24) is 25.1 Å². The summed E-state index contributed by atoms with van der Waals surface area (Å²) < 4.78 is 1.91. The molecule has 1 aliphatic rings. The molecule has 0 unspecified atom stereocenters. The van der Waals surface area contributed by atoms with Crippen LogP contribution in [0.5, 0.6) is 0 Å². The van der Waals surface area contributed by atoms with Crippen molar-refractivity contribution in [3.05, 3.63) is 65.4 Å². The quantitative estimate of drug-likeness (QED) is 0.759.